The maximum atomic E-state index is 11.6. The lowest BCUT2D eigenvalue weighted by Crippen LogP contribution is -2.44. The van der Waals surface area contributed by atoms with Gasteiger partial charge in [0.15, 0.2) is 11.9 Å². The van der Waals surface area contributed by atoms with Crippen molar-refractivity contribution in [3.63, 3.8) is 0 Å². The van der Waals surface area contributed by atoms with E-state index in [1.165, 1.54) is 11.9 Å². The number of piperazine rings is 1. The standard InChI is InChI=1S/C24H27N7O2S/c1-29-14-16-30(17-15-29)21-12-10-19(11-13-21)25-24-26-23-5-3-4-22(31(23)27-24)18-6-8-20(9-7-18)28-34(2,32)33/h3-13H,14-17H2,1-2H3,(H2-,25,27,28,32,33)/p+1. The second kappa shape index (κ2) is 9.05. The highest BCUT2D eigenvalue weighted by Crippen LogP contribution is 2.25. The zero-order valence-electron chi connectivity index (χ0n) is 19.2. The topological polar surface area (TPSA) is 98.0 Å². The number of hydrogen-bond donors (Lipinski definition) is 3. The van der Waals surface area contributed by atoms with Crippen LogP contribution in [0.2, 0.25) is 0 Å². The van der Waals surface area contributed by atoms with Crippen molar-refractivity contribution in [3.8, 4) is 11.3 Å². The van der Waals surface area contributed by atoms with Gasteiger partial charge in [0.25, 0.3) is 0 Å². The molecule has 4 aromatic rings. The summed E-state index contributed by atoms with van der Waals surface area (Å²) in [4.78, 5) is 9.37. The van der Waals surface area contributed by atoms with Gasteiger partial charge in [-0.25, -0.2) is 4.52 Å². The summed E-state index contributed by atoms with van der Waals surface area (Å²) >= 11 is 0. The molecule has 2 aromatic heterocycles. The Morgan fingerprint density at radius 2 is 1.59 bits per heavy atom. The number of anilines is 4. The summed E-state index contributed by atoms with van der Waals surface area (Å²) in [6, 6.07) is 21.5. The van der Waals surface area contributed by atoms with E-state index in [0.29, 0.717) is 11.6 Å². The van der Waals surface area contributed by atoms with Crippen molar-refractivity contribution in [3.05, 3.63) is 66.7 Å². The van der Waals surface area contributed by atoms with E-state index in [4.69, 9.17) is 0 Å². The number of nitrogens with one attached hydrogen (secondary N) is 2. The summed E-state index contributed by atoms with van der Waals surface area (Å²) < 4.78 is 25.4. The predicted octanol–water partition coefficient (Wildman–Crippen LogP) is 3.82. The summed E-state index contributed by atoms with van der Waals surface area (Å²) in [5.74, 6) is 0.518. The Bertz CT molecular complexity index is 1320. The van der Waals surface area contributed by atoms with E-state index >= 15 is 0 Å². The first-order valence-electron chi connectivity index (χ1n) is 11.1. The lowest BCUT2D eigenvalue weighted by atomic mass is 10.1. The highest BCUT2D eigenvalue weighted by molar-refractivity contribution is 7.98. The molecule has 1 aliphatic heterocycles. The van der Waals surface area contributed by atoms with E-state index in [9.17, 15) is 8.76 Å². The molecule has 1 unspecified atom stereocenters. The number of hydrogen-bond acceptors (Lipinski definition) is 6. The summed E-state index contributed by atoms with van der Waals surface area (Å²) in [5.41, 5.74) is 5.25. The van der Waals surface area contributed by atoms with Crippen LogP contribution in [0.5, 0.6) is 0 Å². The summed E-state index contributed by atoms with van der Waals surface area (Å²) in [6.45, 7) is 4.23. The number of benzene rings is 2. The lowest BCUT2D eigenvalue weighted by molar-refractivity contribution is 0.313. The SMILES string of the molecule is CN1CCN(c2ccc(Nc3nc4cccc(-c5ccc(N[S+](C)(=O)O)cc5)n4n3)cc2)CC1. The van der Waals surface area contributed by atoms with E-state index in [0.717, 1.165) is 48.8 Å². The minimum absolute atomic E-state index is 0.518. The Morgan fingerprint density at radius 1 is 0.912 bits per heavy atom. The van der Waals surface area contributed by atoms with Crippen molar-refractivity contribution >= 4 is 39.1 Å². The van der Waals surface area contributed by atoms with Gasteiger partial charge >= 0.3 is 10.4 Å². The second-order valence-electron chi connectivity index (χ2n) is 8.56. The maximum absolute atomic E-state index is 11.6. The van der Waals surface area contributed by atoms with Gasteiger partial charge < -0.3 is 15.1 Å². The molecule has 0 radical (unpaired) electrons. The third-order valence-corrected chi connectivity index (χ3v) is 6.45. The van der Waals surface area contributed by atoms with Crippen LogP contribution >= 0.6 is 0 Å². The number of fused-ring (bicyclic) bond motifs is 1. The fraction of sp³-hybridized carbons (Fsp3) is 0.250. The van der Waals surface area contributed by atoms with E-state index < -0.39 is 10.4 Å². The molecule has 1 fully saturated rings. The summed E-state index contributed by atoms with van der Waals surface area (Å²) in [6.07, 6.45) is 1.24. The van der Waals surface area contributed by atoms with Crippen molar-refractivity contribution < 1.29 is 8.76 Å². The molecule has 34 heavy (non-hydrogen) atoms. The quantitative estimate of drug-likeness (QED) is 0.363. The van der Waals surface area contributed by atoms with Gasteiger partial charge in [-0.1, -0.05) is 18.2 Å². The maximum Gasteiger partial charge on any atom is 0.307 e. The molecule has 0 spiro atoms. The van der Waals surface area contributed by atoms with Crippen LogP contribution in [0.1, 0.15) is 0 Å². The lowest BCUT2D eigenvalue weighted by Gasteiger charge is -2.34. The van der Waals surface area contributed by atoms with Gasteiger partial charge in [0.2, 0.25) is 5.95 Å². The Kier molecular flexibility index (Phi) is 5.94. The fourth-order valence-corrected chi connectivity index (χ4v) is 4.63. The van der Waals surface area contributed by atoms with Gasteiger partial charge in [-0.05, 0) is 59.8 Å². The van der Waals surface area contributed by atoms with Crippen molar-refractivity contribution in [1.82, 2.24) is 19.5 Å². The van der Waals surface area contributed by atoms with Gasteiger partial charge in [-0.15, -0.1) is 5.10 Å². The average Bonchev–Trinajstić information content (AvgIpc) is 3.22. The molecule has 1 saturated heterocycles. The molecule has 0 saturated carbocycles. The van der Waals surface area contributed by atoms with E-state index in [1.807, 2.05) is 30.3 Å². The third kappa shape index (κ3) is 5.04. The zero-order chi connectivity index (χ0) is 23.7. The molecule has 0 amide bonds. The first-order chi connectivity index (χ1) is 16.3. The first-order valence-corrected chi connectivity index (χ1v) is 13.0. The Hall–Kier alpha value is -3.47. The van der Waals surface area contributed by atoms with E-state index in [1.54, 1.807) is 16.6 Å². The van der Waals surface area contributed by atoms with Crippen LogP contribution in [0.4, 0.5) is 23.0 Å². The van der Waals surface area contributed by atoms with Crippen molar-refractivity contribution in [2.45, 2.75) is 0 Å². The minimum atomic E-state index is -3.07. The number of nitrogens with zero attached hydrogens (tertiary/aromatic N) is 5. The Morgan fingerprint density at radius 3 is 2.26 bits per heavy atom. The van der Waals surface area contributed by atoms with E-state index in [-0.39, 0.29) is 0 Å². The third-order valence-electron chi connectivity index (χ3n) is 5.84. The molecule has 0 aliphatic carbocycles. The van der Waals surface area contributed by atoms with Crippen molar-refractivity contribution in [1.29, 1.82) is 0 Å². The number of likely N-dealkylation sites (N-methyl/N-ethyl adjacent to an activating group) is 1. The second-order valence-corrected chi connectivity index (χ2v) is 10.4. The molecule has 1 aliphatic rings. The van der Waals surface area contributed by atoms with Crippen LogP contribution in [0, 0.1) is 0 Å². The molecule has 176 valence electrons. The molecule has 3 heterocycles. The molecule has 9 nitrogen and oxygen atoms in total. The van der Waals surface area contributed by atoms with Gasteiger partial charge in [0.1, 0.15) is 0 Å². The number of rotatable bonds is 6. The fourth-order valence-electron chi connectivity index (χ4n) is 4.05. The summed E-state index contributed by atoms with van der Waals surface area (Å²) in [5, 5.41) is 7.97. The van der Waals surface area contributed by atoms with Crippen LogP contribution in [-0.2, 0) is 14.6 Å². The molecule has 5 rings (SSSR count). The molecule has 10 heteroatoms. The van der Waals surface area contributed by atoms with Crippen LogP contribution in [0.25, 0.3) is 16.9 Å². The largest absolute Gasteiger partial charge is 0.369 e. The number of pyridine rings is 1. The summed E-state index contributed by atoms with van der Waals surface area (Å²) in [7, 11) is -0.910. The van der Waals surface area contributed by atoms with Crippen molar-refractivity contribution in [2.75, 3.05) is 54.4 Å². The molecule has 0 bridgehead atoms. The van der Waals surface area contributed by atoms with Crippen LogP contribution in [0.15, 0.2) is 66.7 Å². The van der Waals surface area contributed by atoms with Gasteiger partial charge in [-0.2, -0.15) is 14.3 Å². The minimum Gasteiger partial charge on any atom is -0.369 e. The first kappa shape index (κ1) is 22.3. The van der Waals surface area contributed by atoms with Crippen LogP contribution in [-0.4, -0.2) is 63.5 Å². The van der Waals surface area contributed by atoms with Crippen molar-refractivity contribution in [2.24, 2.45) is 0 Å². The smallest absolute Gasteiger partial charge is 0.307 e. The Labute approximate surface area is 199 Å². The van der Waals surface area contributed by atoms with Crippen LogP contribution in [0.3, 0.4) is 0 Å². The monoisotopic (exact) mass is 478 g/mol. The molecular weight excluding hydrogens is 450 g/mol. The number of aromatic nitrogens is 3. The molecule has 3 N–H and O–H groups in total. The predicted molar refractivity (Wildman–Crippen MR) is 138 cm³/mol. The van der Waals surface area contributed by atoms with Crippen LogP contribution < -0.4 is 14.9 Å². The van der Waals surface area contributed by atoms with E-state index in [2.05, 4.69) is 61.2 Å². The average molecular weight is 479 g/mol. The Balaban J connectivity index is 1.34. The van der Waals surface area contributed by atoms with Gasteiger partial charge in [-0.3, -0.25) is 0 Å². The molecular formula is C24H28N7O2S+. The van der Waals surface area contributed by atoms with Gasteiger partial charge in [0, 0.05) is 43.1 Å². The zero-order valence-corrected chi connectivity index (χ0v) is 20.0. The van der Waals surface area contributed by atoms with Gasteiger partial charge in [0.05, 0.1) is 11.4 Å². The normalized spacial score (nSPS) is 16.4. The highest BCUT2D eigenvalue weighted by Gasteiger charge is 2.16. The molecule has 2 aromatic carbocycles. The molecule has 1 atom stereocenters. The highest BCUT2D eigenvalue weighted by atomic mass is 32.3.